The van der Waals surface area contributed by atoms with Gasteiger partial charge in [0.15, 0.2) is 0 Å². The van der Waals surface area contributed by atoms with Gasteiger partial charge in [-0.3, -0.25) is 4.79 Å². The van der Waals surface area contributed by atoms with Crippen LogP contribution in [0.25, 0.3) is 0 Å². The van der Waals surface area contributed by atoms with Crippen molar-refractivity contribution in [3.63, 3.8) is 0 Å². The van der Waals surface area contributed by atoms with E-state index in [-0.39, 0.29) is 11.5 Å². The van der Waals surface area contributed by atoms with Gasteiger partial charge in [-0.15, -0.1) is 0 Å². The average molecular weight is 371 g/mol. The van der Waals surface area contributed by atoms with Gasteiger partial charge in [0.25, 0.3) is 5.91 Å². The summed E-state index contributed by atoms with van der Waals surface area (Å²) in [5, 5.41) is 6.42. The third kappa shape index (κ3) is 4.34. The molecule has 2 N–H and O–H groups in total. The number of amides is 1. The average Bonchev–Trinajstić information content (AvgIpc) is 2.59. The summed E-state index contributed by atoms with van der Waals surface area (Å²) in [5.74, 6) is 0.135. The molecule has 7 heteroatoms. The largest absolute Gasteiger partial charge is 0.340 e. The van der Waals surface area contributed by atoms with Gasteiger partial charge in [-0.2, -0.15) is 0 Å². The number of halogens is 2. The number of anilines is 3. The van der Waals surface area contributed by atoms with Crippen LogP contribution in [0.3, 0.4) is 0 Å². The van der Waals surface area contributed by atoms with E-state index in [1.165, 1.54) is 24.3 Å². The van der Waals surface area contributed by atoms with Gasteiger partial charge in [-0.05, 0) is 55.8 Å². The number of hydrogen-bond acceptors (Lipinski definition) is 4. The maximum absolute atomic E-state index is 13.0. The first-order valence-corrected chi connectivity index (χ1v) is 8.24. The Kier molecular flexibility index (Phi) is 5.14. The Bertz CT molecular complexity index is 960. The molecule has 5 nitrogen and oxygen atoms in total. The van der Waals surface area contributed by atoms with Gasteiger partial charge in [0.1, 0.15) is 23.2 Å². The van der Waals surface area contributed by atoms with Crippen molar-refractivity contribution in [1.82, 2.24) is 9.97 Å². The second-order valence-corrected chi connectivity index (χ2v) is 6.14. The molecule has 1 aromatic heterocycles. The first-order chi connectivity index (χ1) is 12.4. The molecule has 0 aliphatic heterocycles. The van der Waals surface area contributed by atoms with E-state index in [9.17, 15) is 9.18 Å². The van der Waals surface area contributed by atoms with Gasteiger partial charge in [-0.25, -0.2) is 14.4 Å². The zero-order valence-corrected chi connectivity index (χ0v) is 14.9. The molecular formula is C19H16ClFN4O. The van der Waals surface area contributed by atoms with Crippen molar-refractivity contribution >= 4 is 34.7 Å². The molecule has 26 heavy (non-hydrogen) atoms. The maximum atomic E-state index is 13.0. The standard InChI is InChI=1S/C19H16ClFN4O/c1-11-3-6-15(9-16(11)20)24-18-10-17(22-12(2)23-18)19(26)25-14-7-4-13(21)5-8-14/h3-10H,1-2H3,(H,25,26)(H,22,23,24). The lowest BCUT2D eigenvalue weighted by Crippen LogP contribution is -2.15. The van der Waals surface area contributed by atoms with Crippen LogP contribution in [0, 0.1) is 19.7 Å². The van der Waals surface area contributed by atoms with Gasteiger partial charge in [0, 0.05) is 22.5 Å². The number of aromatic nitrogens is 2. The van der Waals surface area contributed by atoms with Crippen LogP contribution >= 0.6 is 11.6 Å². The number of carbonyl (C=O) groups excluding carboxylic acids is 1. The monoisotopic (exact) mass is 370 g/mol. The number of carbonyl (C=O) groups is 1. The minimum Gasteiger partial charge on any atom is -0.340 e. The summed E-state index contributed by atoms with van der Waals surface area (Å²) in [6.07, 6.45) is 0. The minimum absolute atomic E-state index is 0.197. The predicted octanol–water partition coefficient (Wildman–Crippen LogP) is 4.88. The van der Waals surface area contributed by atoms with Crippen molar-refractivity contribution in [3.05, 3.63) is 76.5 Å². The summed E-state index contributed by atoms with van der Waals surface area (Å²) in [6, 6.07) is 12.6. The van der Waals surface area contributed by atoms with Gasteiger partial charge in [0.05, 0.1) is 0 Å². The zero-order valence-electron chi connectivity index (χ0n) is 14.2. The van der Waals surface area contributed by atoms with Gasteiger partial charge >= 0.3 is 0 Å². The van der Waals surface area contributed by atoms with Crippen LogP contribution in [-0.2, 0) is 0 Å². The van der Waals surface area contributed by atoms with Crippen LogP contribution in [-0.4, -0.2) is 15.9 Å². The van der Waals surface area contributed by atoms with E-state index in [0.29, 0.717) is 22.4 Å². The van der Waals surface area contributed by atoms with E-state index >= 15 is 0 Å². The van der Waals surface area contributed by atoms with E-state index in [2.05, 4.69) is 20.6 Å². The lowest BCUT2D eigenvalue weighted by molar-refractivity contribution is 0.102. The normalized spacial score (nSPS) is 10.5. The molecule has 0 aliphatic carbocycles. The maximum Gasteiger partial charge on any atom is 0.274 e. The second kappa shape index (κ2) is 7.49. The van der Waals surface area contributed by atoms with Crippen molar-refractivity contribution in [2.24, 2.45) is 0 Å². The van der Waals surface area contributed by atoms with Crippen LogP contribution in [0.1, 0.15) is 21.9 Å². The van der Waals surface area contributed by atoms with Gasteiger partial charge in [0.2, 0.25) is 0 Å². The molecule has 3 rings (SSSR count). The molecule has 1 heterocycles. The van der Waals surface area contributed by atoms with Crippen molar-refractivity contribution in [1.29, 1.82) is 0 Å². The summed E-state index contributed by atoms with van der Waals surface area (Å²) < 4.78 is 13.0. The molecule has 0 atom stereocenters. The van der Waals surface area contributed by atoms with Gasteiger partial charge < -0.3 is 10.6 Å². The second-order valence-electron chi connectivity index (χ2n) is 5.74. The van der Waals surface area contributed by atoms with E-state index < -0.39 is 5.91 Å². The van der Waals surface area contributed by atoms with Crippen LogP contribution < -0.4 is 10.6 Å². The Morgan fingerprint density at radius 1 is 1.00 bits per heavy atom. The first kappa shape index (κ1) is 17.8. The molecule has 0 aliphatic rings. The highest BCUT2D eigenvalue weighted by atomic mass is 35.5. The number of nitrogens with zero attached hydrogens (tertiary/aromatic N) is 2. The quantitative estimate of drug-likeness (QED) is 0.686. The Hall–Kier alpha value is -2.99. The highest BCUT2D eigenvalue weighted by Crippen LogP contribution is 2.23. The third-order valence-electron chi connectivity index (χ3n) is 3.62. The molecular weight excluding hydrogens is 355 g/mol. The van der Waals surface area contributed by atoms with E-state index in [1.54, 1.807) is 19.1 Å². The van der Waals surface area contributed by atoms with Crippen LogP contribution in [0.2, 0.25) is 5.02 Å². The van der Waals surface area contributed by atoms with Crippen molar-refractivity contribution < 1.29 is 9.18 Å². The molecule has 0 radical (unpaired) electrons. The SMILES string of the molecule is Cc1nc(Nc2ccc(C)c(Cl)c2)cc(C(=O)Nc2ccc(F)cc2)n1. The van der Waals surface area contributed by atoms with Crippen molar-refractivity contribution in [2.75, 3.05) is 10.6 Å². The smallest absolute Gasteiger partial charge is 0.274 e. The molecule has 132 valence electrons. The Morgan fingerprint density at radius 2 is 1.69 bits per heavy atom. The zero-order chi connectivity index (χ0) is 18.7. The summed E-state index contributed by atoms with van der Waals surface area (Å²) in [5.41, 5.74) is 2.40. The minimum atomic E-state index is -0.410. The molecule has 0 bridgehead atoms. The third-order valence-corrected chi connectivity index (χ3v) is 4.02. The van der Waals surface area contributed by atoms with Crippen molar-refractivity contribution in [2.45, 2.75) is 13.8 Å². The summed E-state index contributed by atoms with van der Waals surface area (Å²) in [7, 11) is 0. The van der Waals surface area contributed by atoms with E-state index in [0.717, 1.165) is 11.3 Å². The number of aryl methyl sites for hydroxylation is 2. The molecule has 0 saturated heterocycles. The number of rotatable bonds is 4. The molecule has 2 aromatic carbocycles. The highest BCUT2D eigenvalue weighted by Gasteiger charge is 2.11. The lowest BCUT2D eigenvalue weighted by atomic mass is 10.2. The lowest BCUT2D eigenvalue weighted by Gasteiger charge is -2.10. The molecule has 3 aromatic rings. The molecule has 0 unspecified atom stereocenters. The molecule has 0 saturated carbocycles. The highest BCUT2D eigenvalue weighted by molar-refractivity contribution is 6.31. The molecule has 0 spiro atoms. The Labute approximate surface area is 155 Å². The van der Waals surface area contributed by atoms with Crippen LogP contribution in [0.5, 0.6) is 0 Å². The van der Waals surface area contributed by atoms with Crippen LogP contribution in [0.15, 0.2) is 48.5 Å². The predicted molar refractivity (Wildman–Crippen MR) is 101 cm³/mol. The number of benzene rings is 2. The summed E-state index contributed by atoms with van der Waals surface area (Å²) in [6.45, 7) is 3.61. The van der Waals surface area contributed by atoms with Crippen LogP contribution in [0.4, 0.5) is 21.6 Å². The fraction of sp³-hybridized carbons (Fsp3) is 0.105. The molecule has 1 amide bonds. The van der Waals surface area contributed by atoms with E-state index in [1.807, 2.05) is 19.1 Å². The van der Waals surface area contributed by atoms with E-state index in [4.69, 9.17) is 11.6 Å². The Balaban J connectivity index is 1.81. The fourth-order valence-corrected chi connectivity index (χ4v) is 2.48. The Morgan fingerprint density at radius 3 is 2.38 bits per heavy atom. The first-order valence-electron chi connectivity index (χ1n) is 7.86. The fourth-order valence-electron chi connectivity index (χ4n) is 2.29. The number of nitrogens with one attached hydrogen (secondary N) is 2. The summed E-state index contributed by atoms with van der Waals surface area (Å²) >= 11 is 6.13. The van der Waals surface area contributed by atoms with Crippen molar-refractivity contribution in [3.8, 4) is 0 Å². The molecule has 0 fully saturated rings. The number of hydrogen-bond donors (Lipinski definition) is 2. The summed E-state index contributed by atoms with van der Waals surface area (Å²) in [4.78, 5) is 20.9. The topological polar surface area (TPSA) is 66.9 Å². The van der Waals surface area contributed by atoms with Gasteiger partial charge in [-0.1, -0.05) is 17.7 Å².